The third-order valence-electron chi connectivity index (χ3n) is 5.04. The van der Waals surface area contributed by atoms with Gasteiger partial charge >= 0.3 is 6.03 Å². The SMILES string of the molecule is CC1CN(CC2CCCN2C(=O)Nc2ccc(S(N)(=O)=O)cc2)CC(C)O1. The first kappa shape index (κ1) is 20.1. The number of hydrogen-bond acceptors (Lipinski definition) is 5. The molecule has 3 atom stereocenters. The van der Waals surface area contributed by atoms with Gasteiger partial charge in [-0.1, -0.05) is 0 Å². The molecule has 3 unspecified atom stereocenters. The minimum Gasteiger partial charge on any atom is -0.373 e. The fraction of sp³-hybridized carbons (Fsp3) is 0.611. The molecule has 2 fully saturated rings. The van der Waals surface area contributed by atoms with Gasteiger partial charge in [-0.25, -0.2) is 18.4 Å². The van der Waals surface area contributed by atoms with Crippen molar-refractivity contribution in [2.75, 3.05) is 31.5 Å². The minimum atomic E-state index is -3.74. The Balaban J connectivity index is 1.60. The van der Waals surface area contributed by atoms with Gasteiger partial charge in [-0.2, -0.15) is 0 Å². The molecule has 1 aromatic rings. The lowest BCUT2D eigenvalue weighted by atomic mass is 10.1. The molecule has 0 saturated carbocycles. The molecular weight excluding hydrogens is 368 g/mol. The van der Waals surface area contributed by atoms with Gasteiger partial charge in [-0.3, -0.25) is 4.90 Å². The summed E-state index contributed by atoms with van der Waals surface area (Å²) in [5.41, 5.74) is 0.548. The number of nitrogens with one attached hydrogen (secondary N) is 1. The second-order valence-electron chi connectivity index (χ2n) is 7.46. The predicted octanol–water partition coefficient (Wildman–Crippen LogP) is 1.44. The second kappa shape index (κ2) is 8.14. The third kappa shape index (κ3) is 5.19. The van der Waals surface area contributed by atoms with Crippen molar-refractivity contribution < 1.29 is 17.9 Å². The molecule has 3 rings (SSSR count). The first-order valence-electron chi connectivity index (χ1n) is 9.30. The molecule has 27 heavy (non-hydrogen) atoms. The molecule has 150 valence electrons. The van der Waals surface area contributed by atoms with Crippen LogP contribution in [0.2, 0.25) is 0 Å². The van der Waals surface area contributed by atoms with Gasteiger partial charge in [-0.05, 0) is 51.0 Å². The smallest absolute Gasteiger partial charge is 0.322 e. The molecule has 2 amide bonds. The van der Waals surface area contributed by atoms with Crippen LogP contribution in [-0.2, 0) is 14.8 Å². The van der Waals surface area contributed by atoms with Crippen LogP contribution in [0.15, 0.2) is 29.2 Å². The maximum atomic E-state index is 12.7. The molecule has 0 radical (unpaired) electrons. The molecule has 3 N–H and O–H groups in total. The summed E-state index contributed by atoms with van der Waals surface area (Å²) in [5.74, 6) is 0. The van der Waals surface area contributed by atoms with E-state index >= 15 is 0 Å². The van der Waals surface area contributed by atoms with Crippen molar-refractivity contribution in [3.8, 4) is 0 Å². The first-order chi connectivity index (χ1) is 12.7. The lowest BCUT2D eigenvalue weighted by Gasteiger charge is -2.38. The summed E-state index contributed by atoms with van der Waals surface area (Å²) in [6.45, 7) is 7.48. The van der Waals surface area contributed by atoms with E-state index in [0.29, 0.717) is 5.69 Å². The Morgan fingerprint density at radius 1 is 1.22 bits per heavy atom. The first-order valence-corrected chi connectivity index (χ1v) is 10.9. The molecule has 0 aliphatic carbocycles. The summed E-state index contributed by atoms with van der Waals surface area (Å²) in [5, 5.41) is 7.95. The zero-order valence-corrected chi connectivity index (χ0v) is 16.6. The van der Waals surface area contributed by atoms with Gasteiger partial charge in [-0.15, -0.1) is 0 Å². The van der Waals surface area contributed by atoms with E-state index < -0.39 is 10.0 Å². The van der Waals surface area contributed by atoms with Crippen molar-refractivity contribution in [2.24, 2.45) is 5.14 Å². The van der Waals surface area contributed by atoms with Crippen molar-refractivity contribution in [1.29, 1.82) is 0 Å². The Labute approximate surface area is 160 Å². The topological polar surface area (TPSA) is 105 Å². The van der Waals surface area contributed by atoms with Crippen molar-refractivity contribution in [2.45, 2.75) is 49.8 Å². The van der Waals surface area contributed by atoms with E-state index in [-0.39, 0.29) is 29.2 Å². The van der Waals surface area contributed by atoms with Crippen molar-refractivity contribution in [3.63, 3.8) is 0 Å². The number of carbonyl (C=O) groups excluding carboxylic acids is 1. The highest BCUT2D eigenvalue weighted by Gasteiger charge is 2.32. The van der Waals surface area contributed by atoms with Gasteiger partial charge in [0.1, 0.15) is 0 Å². The summed E-state index contributed by atoms with van der Waals surface area (Å²) < 4.78 is 28.4. The molecule has 0 bridgehead atoms. The number of anilines is 1. The van der Waals surface area contributed by atoms with Crippen LogP contribution >= 0.6 is 0 Å². The number of primary sulfonamides is 1. The van der Waals surface area contributed by atoms with E-state index in [1.807, 2.05) is 4.90 Å². The van der Waals surface area contributed by atoms with Gasteiger partial charge < -0.3 is 15.0 Å². The number of likely N-dealkylation sites (tertiary alicyclic amines) is 1. The molecule has 8 nitrogen and oxygen atoms in total. The lowest BCUT2D eigenvalue weighted by molar-refractivity contribution is -0.0712. The second-order valence-corrected chi connectivity index (χ2v) is 9.03. The fourth-order valence-electron chi connectivity index (χ4n) is 3.95. The lowest BCUT2D eigenvalue weighted by Crippen LogP contribution is -2.51. The maximum absolute atomic E-state index is 12.7. The third-order valence-corrected chi connectivity index (χ3v) is 5.97. The van der Waals surface area contributed by atoms with Crippen molar-refractivity contribution >= 4 is 21.7 Å². The molecular formula is C18H28N4O4S. The zero-order chi connectivity index (χ0) is 19.6. The normalized spacial score (nSPS) is 26.9. The average molecular weight is 397 g/mol. The van der Waals surface area contributed by atoms with Crippen LogP contribution in [0.4, 0.5) is 10.5 Å². The number of rotatable bonds is 4. The number of hydrogen-bond donors (Lipinski definition) is 2. The highest BCUT2D eigenvalue weighted by Crippen LogP contribution is 2.22. The van der Waals surface area contributed by atoms with Crippen LogP contribution in [0.1, 0.15) is 26.7 Å². The van der Waals surface area contributed by atoms with E-state index in [2.05, 4.69) is 24.1 Å². The highest BCUT2D eigenvalue weighted by atomic mass is 32.2. The average Bonchev–Trinajstić information content (AvgIpc) is 3.01. The molecule has 9 heteroatoms. The molecule has 2 aliphatic rings. The number of benzene rings is 1. The Kier molecular flexibility index (Phi) is 6.05. The maximum Gasteiger partial charge on any atom is 0.322 e. The molecule has 2 saturated heterocycles. The molecule has 1 aromatic carbocycles. The number of carbonyl (C=O) groups is 1. The van der Waals surface area contributed by atoms with Crippen LogP contribution in [0.25, 0.3) is 0 Å². The summed E-state index contributed by atoms with van der Waals surface area (Å²) in [4.78, 5) is 17.0. The van der Waals surface area contributed by atoms with E-state index in [1.54, 1.807) is 12.1 Å². The number of nitrogens with two attached hydrogens (primary N) is 1. The Hall–Kier alpha value is -1.68. The van der Waals surface area contributed by atoms with Crippen molar-refractivity contribution in [3.05, 3.63) is 24.3 Å². The Morgan fingerprint density at radius 2 is 1.85 bits per heavy atom. The number of amides is 2. The van der Waals surface area contributed by atoms with Gasteiger partial charge in [0.05, 0.1) is 17.1 Å². The number of nitrogens with zero attached hydrogens (tertiary/aromatic N) is 2. The van der Waals surface area contributed by atoms with Crippen LogP contribution in [0.3, 0.4) is 0 Å². The zero-order valence-electron chi connectivity index (χ0n) is 15.8. The molecule has 2 aliphatic heterocycles. The van der Waals surface area contributed by atoms with E-state index in [4.69, 9.17) is 9.88 Å². The Morgan fingerprint density at radius 3 is 2.44 bits per heavy atom. The quantitative estimate of drug-likeness (QED) is 0.801. The molecule has 0 spiro atoms. The van der Waals surface area contributed by atoms with Crippen LogP contribution in [0.5, 0.6) is 0 Å². The number of morpholine rings is 1. The predicted molar refractivity (Wildman–Crippen MR) is 103 cm³/mol. The largest absolute Gasteiger partial charge is 0.373 e. The minimum absolute atomic E-state index is 0.0232. The molecule has 0 aromatic heterocycles. The van der Waals surface area contributed by atoms with E-state index in [9.17, 15) is 13.2 Å². The molecule has 2 heterocycles. The van der Waals surface area contributed by atoms with Crippen molar-refractivity contribution in [1.82, 2.24) is 9.80 Å². The monoisotopic (exact) mass is 396 g/mol. The Bertz CT molecular complexity index is 758. The van der Waals surface area contributed by atoms with Crippen LogP contribution in [-0.4, -0.2) is 68.7 Å². The van der Waals surface area contributed by atoms with Crippen LogP contribution < -0.4 is 10.5 Å². The summed E-state index contributed by atoms with van der Waals surface area (Å²) in [7, 11) is -3.74. The standard InChI is InChI=1S/C18H28N4O4S/c1-13-10-21(11-14(2)26-13)12-16-4-3-9-22(16)18(23)20-15-5-7-17(8-6-15)27(19,24)25/h5-8,13-14,16H,3-4,9-12H2,1-2H3,(H,20,23)(H2,19,24,25). The number of urea groups is 1. The number of ether oxygens (including phenoxy) is 1. The fourth-order valence-corrected chi connectivity index (χ4v) is 4.46. The van der Waals surface area contributed by atoms with Gasteiger partial charge in [0.25, 0.3) is 0 Å². The highest BCUT2D eigenvalue weighted by molar-refractivity contribution is 7.89. The summed E-state index contributed by atoms with van der Waals surface area (Å²) >= 11 is 0. The van der Waals surface area contributed by atoms with Crippen LogP contribution in [0, 0.1) is 0 Å². The van der Waals surface area contributed by atoms with Gasteiger partial charge in [0, 0.05) is 37.9 Å². The summed E-state index contributed by atoms with van der Waals surface area (Å²) in [6, 6.07) is 5.90. The number of sulfonamides is 1. The van der Waals surface area contributed by atoms with Gasteiger partial charge in [0.15, 0.2) is 0 Å². The van der Waals surface area contributed by atoms with E-state index in [0.717, 1.165) is 39.0 Å². The van der Waals surface area contributed by atoms with E-state index in [1.165, 1.54) is 12.1 Å². The summed E-state index contributed by atoms with van der Waals surface area (Å²) in [6.07, 6.45) is 2.38. The van der Waals surface area contributed by atoms with Gasteiger partial charge in [0.2, 0.25) is 10.0 Å².